The number of carbonyl (C=O) groups is 1. The molecule has 0 aliphatic heterocycles. The molecule has 2 atom stereocenters. The molecular formula is C14H17NO4. The van der Waals surface area contributed by atoms with Gasteiger partial charge in [-0.25, -0.2) is 0 Å². The molecule has 102 valence electrons. The van der Waals surface area contributed by atoms with Gasteiger partial charge in [0.15, 0.2) is 5.75 Å². The Morgan fingerprint density at radius 1 is 1.53 bits per heavy atom. The summed E-state index contributed by atoms with van der Waals surface area (Å²) in [7, 11) is 0. The van der Waals surface area contributed by atoms with E-state index in [-0.39, 0.29) is 23.3 Å². The molecule has 2 rings (SSSR count). The SMILES string of the molecule is CCC1(C)C(=O)CC1Oc1c(C)cccc1[N+](=O)[O-]. The number of Topliss-reactive ketones (excluding diaryl/α,β-unsaturated/α-hetero) is 1. The molecule has 1 aromatic rings. The number of nitrogens with zero attached hydrogens (tertiary/aromatic N) is 1. The second-order valence-electron chi connectivity index (χ2n) is 5.19. The van der Waals surface area contributed by atoms with Gasteiger partial charge in [-0.15, -0.1) is 0 Å². The molecule has 1 fully saturated rings. The van der Waals surface area contributed by atoms with Crippen molar-refractivity contribution in [1.29, 1.82) is 0 Å². The molecule has 19 heavy (non-hydrogen) atoms. The molecule has 1 saturated carbocycles. The van der Waals surface area contributed by atoms with Gasteiger partial charge in [0.05, 0.1) is 10.3 Å². The van der Waals surface area contributed by atoms with Crippen LogP contribution in [0.5, 0.6) is 5.75 Å². The lowest BCUT2D eigenvalue weighted by Gasteiger charge is -2.44. The molecule has 2 unspecified atom stereocenters. The third-order valence-electron chi connectivity index (χ3n) is 4.10. The maximum atomic E-state index is 11.7. The molecule has 0 saturated heterocycles. The first-order valence-corrected chi connectivity index (χ1v) is 6.34. The number of para-hydroxylation sites is 1. The molecular weight excluding hydrogens is 246 g/mol. The summed E-state index contributed by atoms with van der Waals surface area (Å²) in [6.07, 6.45) is 0.733. The van der Waals surface area contributed by atoms with Crippen LogP contribution in [0.1, 0.15) is 32.3 Å². The van der Waals surface area contributed by atoms with Crippen molar-refractivity contribution in [2.24, 2.45) is 5.41 Å². The van der Waals surface area contributed by atoms with Crippen molar-refractivity contribution < 1.29 is 14.5 Å². The summed E-state index contributed by atoms with van der Waals surface area (Å²) in [6, 6.07) is 4.82. The Hall–Kier alpha value is -1.91. The average molecular weight is 263 g/mol. The number of nitro benzene ring substituents is 1. The first-order chi connectivity index (χ1) is 8.90. The van der Waals surface area contributed by atoms with Gasteiger partial charge in [0.25, 0.3) is 0 Å². The van der Waals surface area contributed by atoms with Gasteiger partial charge in [0.2, 0.25) is 0 Å². The van der Waals surface area contributed by atoms with Crippen LogP contribution in [0.15, 0.2) is 18.2 Å². The summed E-state index contributed by atoms with van der Waals surface area (Å²) in [5.74, 6) is 0.445. The largest absolute Gasteiger partial charge is 0.482 e. The van der Waals surface area contributed by atoms with Gasteiger partial charge < -0.3 is 4.74 Å². The minimum absolute atomic E-state index is 0.0437. The normalized spacial score (nSPS) is 25.8. The minimum atomic E-state index is -0.518. The zero-order chi connectivity index (χ0) is 14.2. The van der Waals surface area contributed by atoms with Gasteiger partial charge in [-0.05, 0) is 25.8 Å². The molecule has 1 aliphatic carbocycles. The van der Waals surface area contributed by atoms with Crippen molar-refractivity contribution in [2.75, 3.05) is 0 Å². The van der Waals surface area contributed by atoms with E-state index < -0.39 is 10.3 Å². The number of carbonyl (C=O) groups excluding carboxylic acids is 1. The van der Waals surface area contributed by atoms with Crippen LogP contribution in [0.2, 0.25) is 0 Å². The van der Waals surface area contributed by atoms with Crippen LogP contribution in [0.4, 0.5) is 5.69 Å². The van der Waals surface area contributed by atoms with Gasteiger partial charge in [-0.1, -0.05) is 19.1 Å². The Morgan fingerprint density at radius 3 is 2.74 bits per heavy atom. The standard InChI is InChI=1S/C14H17NO4/c1-4-14(3)11(16)8-12(14)19-13-9(2)6-5-7-10(13)15(17)18/h5-7,12H,4,8H2,1-3H3. The second kappa shape index (κ2) is 4.64. The van der Waals surface area contributed by atoms with Crippen molar-refractivity contribution in [3.63, 3.8) is 0 Å². The molecule has 5 heteroatoms. The van der Waals surface area contributed by atoms with E-state index in [1.807, 2.05) is 13.8 Å². The summed E-state index contributed by atoms with van der Waals surface area (Å²) >= 11 is 0. The lowest BCUT2D eigenvalue weighted by atomic mass is 9.64. The van der Waals surface area contributed by atoms with E-state index in [9.17, 15) is 14.9 Å². The van der Waals surface area contributed by atoms with Crippen molar-refractivity contribution in [3.8, 4) is 5.75 Å². The summed E-state index contributed by atoms with van der Waals surface area (Å²) in [4.78, 5) is 22.2. The van der Waals surface area contributed by atoms with Crippen LogP contribution < -0.4 is 4.74 Å². The van der Waals surface area contributed by atoms with E-state index in [0.29, 0.717) is 18.4 Å². The average Bonchev–Trinajstić information content (AvgIpc) is 2.38. The number of nitro groups is 1. The number of ether oxygens (including phenoxy) is 1. The Kier molecular flexibility index (Phi) is 3.30. The van der Waals surface area contributed by atoms with Crippen LogP contribution in [-0.2, 0) is 4.79 Å². The molecule has 0 heterocycles. The van der Waals surface area contributed by atoms with E-state index in [1.54, 1.807) is 19.1 Å². The van der Waals surface area contributed by atoms with Crippen molar-refractivity contribution in [2.45, 2.75) is 39.7 Å². The minimum Gasteiger partial charge on any atom is -0.482 e. The van der Waals surface area contributed by atoms with E-state index in [0.717, 1.165) is 0 Å². The first kappa shape index (κ1) is 13.5. The zero-order valence-electron chi connectivity index (χ0n) is 11.3. The maximum absolute atomic E-state index is 11.7. The molecule has 0 spiro atoms. The van der Waals surface area contributed by atoms with Gasteiger partial charge in [0, 0.05) is 12.5 Å². The van der Waals surface area contributed by atoms with Crippen LogP contribution in [0.25, 0.3) is 0 Å². The van der Waals surface area contributed by atoms with Crippen molar-refractivity contribution in [3.05, 3.63) is 33.9 Å². The molecule has 5 nitrogen and oxygen atoms in total. The van der Waals surface area contributed by atoms with Gasteiger partial charge in [-0.3, -0.25) is 14.9 Å². The van der Waals surface area contributed by atoms with Crippen LogP contribution in [-0.4, -0.2) is 16.8 Å². The fourth-order valence-electron chi connectivity index (χ4n) is 2.35. The molecule has 1 aliphatic rings. The van der Waals surface area contributed by atoms with Crippen LogP contribution >= 0.6 is 0 Å². The molecule has 0 bridgehead atoms. The summed E-state index contributed by atoms with van der Waals surface area (Å²) in [5, 5.41) is 11.0. The number of benzene rings is 1. The molecule has 0 aromatic heterocycles. The quantitative estimate of drug-likeness (QED) is 0.618. The topological polar surface area (TPSA) is 69.4 Å². The van der Waals surface area contributed by atoms with Gasteiger partial charge in [0.1, 0.15) is 11.9 Å². The Balaban J connectivity index is 2.30. The number of aryl methyl sites for hydroxylation is 1. The number of rotatable bonds is 4. The summed E-state index contributed by atoms with van der Waals surface area (Å²) < 4.78 is 5.79. The van der Waals surface area contributed by atoms with Gasteiger partial charge >= 0.3 is 5.69 Å². The van der Waals surface area contributed by atoms with Crippen molar-refractivity contribution in [1.82, 2.24) is 0 Å². The summed E-state index contributed by atoms with van der Waals surface area (Å²) in [6.45, 7) is 5.55. The fourth-order valence-corrected chi connectivity index (χ4v) is 2.35. The van der Waals surface area contributed by atoms with Crippen molar-refractivity contribution >= 4 is 11.5 Å². The van der Waals surface area contributed by atoms with E-state index in [1.165, 1.54) is 6.07 Å². The lowest BCUT2D eigenvalue weighted by molar-refractivity contribution is -0.386. The second-order valence-corrected chi connectivity index (χ2v) is 5.19. The Bertz CT molecular complexity index is 540. The third kappa shape index (κ3) is 2.09. The van der Waals surface area contributed by atoms with E-state index in [4.69, 9.17) is 4.74 Å². The predicted octanol–water partition coefficient (Wildman–Crippen LogP) is 3.04. The molecule has 0 amide bonds. The monoisotopic (exact) mass is 263 g/mol. The predicted molar refractivity (Wildman–Crippen MR) is 70.3 cm³/mol. The van der Waals surface area contributed by atoms with Crippen LogP contribution in [0.3, 0.4) is 0 Å². The third-order valence-corrected chi connectivity index (χ3v) is 4.10. The number of hydrogen-bond donors (Lipinski definition) is 0. The van der Waals surface area contributed by atoms with Gasteiger partial charge in [-0.2, -0.15) is 0 Å². The highest BCUT2D eigenvalue weighted by Gasteiger charge is 2.52. The van der Waals surface area contributed by atoms with E-state index in [2.05, 4.69) is 0 Å². The number of hydrogen-bond acceptors (Lipinski definition) is 4. The van der Waals surface area contributed by atoms with E-state index >= 15 is 0 Å². The highest BCUT2D eigenvalue weighted by atomic mass is 16.6. The Labute approximate surface area is 111 Å². The zero-order valence-corrected chi connectivity index (χ0v) is 11.3. The number of ketones is 1. The smallest absolute Gasteiger partial charge is 0.311 e. The summed E-state index contributed by atoms with van der Waals surface area (Å²) in [5.41, 5.74) is 0.153. The maximum Gasteiger partial charge on any atom is 0.311 e. The first-order valence-electron chi connectivity index (χ1n) is 6.34. The molecule has 0 N–H and O–H groups in total. The highest BCUT2D eigenvalue weighted by molar-refractivity contribution is 5.92. The Morgan fingerprint density at radius 2 is 2.21 bits per heavy atom. The lowest BCUT2D eigenvalue weighted by Crippen LogP contribution is -2.54. The highest BCUT2D eigenvalue weighted by Crippen LogP contribution is 2.44. The fraction of sp³-hybridized carbons (Fsp3) is 0.500. The molecule has 0 radical (unpaired) electrons. The van der Waals surface area contributed by atoms with Crippen LogP contribution in [0, 0.1) is 22.5 Å². The molecule has 1 aromatic carbocycles.